The van der Waals surface area contributed by atoms with Crippen molar-refractivity contribution in [3.8, 4) is 0 Å². The van der Waals surface area contributed by atoms with Crippen molar-refractivity contribution >= 4 is 11.7 Å². The van der Waals surface area contributed by atoms with Crippen molar-refractivity contribution in [3.63, 3.8) is 0 Å². The molecule has 0 saturated carbocycles. The summed E-state index contributed by atoms with van der Waals surface area (Å²) in [5.41, 5.74) is -0.344. The number of rotatable bonds is 5. The predicted molar refractivity (Wildman–Crippen MR) is 74.3 cm³/mol. The Balaban J connectivity index is 2.57. The van der Waals surface area contributed by atoms with Crippen LogP contribution in [-0.2, 0) is 6.54 Å². The van der Waals surface area contributed by atoms with E-state index >= 15 is 0 Å². The molecule has 0 aliphatic carbocycles. The highest BCUT2D eigenvalue weighted by molar-refractivity contribution is 5.73. The molecular weight excluding hydrogens is 262 g/mol. The molecular formula is C13H19N3O4. The van der Waals surface area contributed by atoms with Crippen LogP contribution in [0, 0.1) is 10.1 Å². The zero-order valence-electron chi connectivity index (χ0n) is 11.8. The molecule has 20 heavy (non-hydrogen) atoms. The molecule has 1 rings (SSSR count). The summed E-state index contributed by atoms with van der Waals surface area (Å²) in [5, 5.41) is 22.9. The van der Waals surface area contributed by atoms with Gasteiger partial charge in [-0.1, -0.05) is 12.1 Å². The van der Waals surface area contributed by atoms with Gasteiger partial charge in [-0.15, -0.1) is 0 Å². The minimum Gasteiger partial charge on any atom is -0.389 e. The maximum atomic E-state index is 11.8. The molecule has 0 aliphatic rings. The molecule has 2 amide bonds. The van der Waals surface area contributed by atoms with E-state index < -0.39 is 10.5 Å². The summed E-state index contributed by atoms with van der Waals surface area (Å²) >= 11 is 0. The lowest BCUT2D eigenvalue weighted by molar-refractivity contribution is -0.384. The summed E-state index contributed by atoms with van der Waals surface area (Å²) in [5.74, 6) is 0. The third-order valence-corrected chi connectivity index (χ3v) is 2.54. The van der Waals surface area contributed by atoms with Crippen LogP contribution in [0.4, 0.5) is 10.5 Å². The lowest BCUT2D eigenvalue weighted by Crippen LogP contribution is -2.44. The Bertz CT molecular complexity index is 497. The van der Waals surface area contributed by atoms with Gasteiger partial charge in [-0.25, -0.2) is 4.79 Å². The fourth-order valence-corrected chi connectivity index (χ4v) is 1.74. The van der Waals surface area contributed by atoms with Crippen LogP contribution in [-0.4, -0.2) is 40.2 Å². The molecule has 0 bridgehead atoms. The fraction of sp³-hybridized carbons (Fsp3) is 0.462. The molecule has 7 heteroatoms. The number of hydrogen-bond acceptors (Lipinski definition) is 4. The van der Waals surface area contributed by atoms with E-state index in [0.29, 0.717) is 5.56 Å². The third kappa shape index (κ3) is 5.23. The molecule has 7 nitrogen and oxygen atoms in total. The van der Waals surface area contributed by atoms with Crippen molar-refractivity contribution in [1.29, 1.82) is 0 Å². The van der Waals surface area contributed by atoms with Gasteiger partial charge in [0.05, 0.1) is 17.1 Å². The van der Waals surface area contributed by atoms with Crippen LogP contribution >= 0.6 is 0 Å². The van der Waals surface area contributed by atoms with Crippen molar-refractivity contribution in [1.82, 2.24) is 10.2 Å². The van der Waals surface area contributed by atoms with Crippen LogP contribution in [0.2, 0.25) is 0 Å². The Hall–Kier alpha value is -2.15. The number of urea groups is 1. The van der Waals surface area contributed by atoms with Gasteiger partial charge in [0.15, 0.2) is 0 Å². The molecule has 0 heterocycles. The molecule has 2 N–H and O–H groups in total. The lowest BCUT2D eigenvalue weighted by atomic mass is 10.1. The normalized spacial score (nSPS) is 11.0. The van der Waals surface area contributed by atoms with E-state index in [0.717, 1.165) is 0 Å². The smallest absolute Gasteiger partial charge is 0.317 e. The minimum absolute atomic E-state index is 0.0124. The highest BCUT2D eigenvalue weighted by Crippen LogP contribution is 2.13. The first-order valence-electron chi connectivity index (χ1n) is 6.14. The molecule has 0 atom stereocenters. The Kier molecular flexibility index (Phi) is 5.04. The molecule has 0 unspecified atom stereocenters. The molecule has 1 aromatic carbocycles. The van der Waals surface area contributed by atoms with Gasteiger partial charge in [0, 0.05) is 25.7 Å². The zero-order valence-corrected chi connectivity index (χ0v) is 11.8. The second-order valence-electron chi connectivity index (χ2n) is 5.25. The summed E-state index contributed by atoms with van der Waals surface area (Å²) in [7, 11) is 1.57. The van der Waals surface area contributed by atoms with Crippen molar-refractivity contribution in [2.45, 2.75) is 26.0 Å². The maximum Gasteiger partial charge on any atom is 0.317 e. The molecule has 1 aromatic rings. The van der Waals surface area contributed by atoms with Crippen LogP contribution in [0.15, 0.2) is 24.3 Å². The highest BCUT2D eigenvalue weighted by atomic mass is 16.6. The van der Waals surface area contributed by atoms with Crippen molar-refractivity contribution in [2.24, 2.45) is 0 Å². The molecule has 0 fully saturated rings. The summed E-state index contributed by atoms with van der Waals surface area (Å²) < 4.78 is 0. The molecule has 0 spiro atoms. The van der Waals surface area contributed by atoms with Gasteiger partial charge < -0.3 is 15.3 Å². The van der Waals surface area contributed by atoms with Crippen LogP contribution in [0.5, 0.6) is 0 Å². The van der Waals surface area contributed by atoms with E-state index in [1.807, 2.05) is 0 Å². The number of carbonyl (C=O) groups is 1. The third-order valence-electron chi connectivity index (χ3n) is 2.54. The van der Waals surface area contributed by atoms with Gasteiger partial charge in [0.2, 0.25) is 0 Å². The van der Waals surface area contributed by atoms with E-state index in [9.17, 15) is 20.0 Å². The first kappa shape index (κ1) is 15.9. The number of nitrogens with zero attached hydrogens (tertiary/aromatic N) is 2. The van der Waals surface area contributed by atoms with Gasteiger partial charge in [-0.2, -0.15) is 0 Å². The van der Waals surface area contributed by atoms with Gasteiger partial charge >= 0.3 is 6.03 Å². The van der Waals surface area contributed by atoms with Crippen molar-refractivity contribution in [3.05, 3.63) is 39.9 Å². The van der Waals surface area contributed by atoms with Crippen LogP contribution < -0.4 is 5.32 Å². The van der Waals surface area contributed by atoms with Crippen LogP contribution in [0.3, 0.4) is 0 Å². The predicted octanol–water partition coefficient (Wildman–Crippen LogP) is 1.51. The SMILES string of the molecule is CN(CC(C)(C)O)C(=O)NCc1cccc([N+](=O)[O-])c1. The largest absolute Gasteiger partial charge is 0.389 e. The second kappa shape index (κ2) is 6.33. The average Bonchev–Trinajstić information content (AvgIpc) is 2.34. The number of benzene rings is 1. The van der Waals surface area contributed by atoms with Gasteiger partial charge in [-0.05, 0) is 19.4 Å². The van der Waals surface area contributed by atoms with Crippen LogP contribution in [0.25, 0.3) is 0 Å². The summed E-state index contributed by atoms with van der Waals surface area (Å²) in [4.78, 5) is 23.3. The Labute approximate surface area is 117 Å². The van der Waals surface area contributed by atoms with E-state index in [-0.39, 0.29) is 24.8 Å². The monoisotopic (exact) mass is 281 g/mol. The number of nitrogens with one attached hydrogen (secondary N) is 1. The first-order chi connectivity index (χ1) is 9.19. The number of carbonyl (C=O) groups excluding carboxylic acids is 1. The highest BCUT2D eigenvalue weighted by Gasteiger charge is 2.19. The van der Waals surface area contributed by atoms with E-state index in [1.54, 1.807) is 33.0 Å². The number of amides is 2. The van der Waals surface area contributed by atoms with Gasteiger partial charge in [0.1, 0.15) is 0 Å². The Morgan fingerprint density at radius 1 is 1.50 bits per heavy atom. The van der Waals surface area contributed by atoms with Crippen molar-refractivity contribution in [2.75, 3.05) is 13.6 Å². The standard InChI is InChI=1S/C13H19N3O4/c1-13(2,18)9-15(3)12(17)14-8-10-5-4-6-11(7-10)16(19)20/h4-7,18H,8-9H2,1-3H3,(H,14,17). The second-order valence-corrected chi connectivity index (χ2v) is 5.25. The molecule has 110 valence electrons. The number of non-ortho nitro benzene ring substituents is 1. The summed E-state index contributed by atoms with van der Waals surface area (Å²) in [6, 6.07) is 5.73. The van der Waals surface area contributed by atoms with Crippen molar-refractivity contribution < 1.29 is 14.8 Å². The lowest BCUT2D eigenvalue weighted by Gasteiger charge is -2.25. The average molecular weight is 281 g/mol. The molecule has 0 saturated heterocycles. The quantitative estimate of drug-likeness (QED) is 0.631. The van der Waals surface area contributed by atoms with E-state index in [4.69, 9.17) is 0 Å². The maximum absolute atomic E-state index is 11.8. The molecule has 0 radical (unpaired) electrons. The molecule has 0 aromatic heterocycles. The van der Waals surface area contributed by atoms with Gasteiger partial charge in [-0.3, -0.25) is 10.1 Å². The molecule has 0 aliphatic heterocycles. The Morgan fingerprint density at radius 2 is 2.15 bits per heavy atom. The minimum atomic E-state index is -0.975. The number of hydrogen-bond donors (Lipinski definition) is 2. The Morgan fingerprint density at radius 3 is 2.70 bits per heavy atom. The number of likely N-dealkylation sites (N-methyl/N-ethyl adjacent to an activating group) is 1. The number of aliphatic hydroxyl groups is 1. The van der Waals surface area contributed by atoms with Gasteiger partial charge in [0.25, 0.3) is 5.69 Å². The number of nitro groups is 1. The van der Waals surface area contributed by atoms with E-state index in [2.05, 4.69) is 5.32 Å². The zero-order chi connectivity index (χ0) is 15.3. The first-order valence-corrected chi connectivity index (χ1v) is 6.14. The van der Waals surface area contributed by atoms with E-state index in [1.165, 1.54) is 17.0 Å². The number of nitro benzene ring substituents is 1. The summed E-state index contributed by atoms with van der Waals surface area (Å²) in [6.07, 6.45) is 0. The van der Waals surface area contributed by atoms with Crippen LogP contribution in [0.1, 0.15) is 19.4 Å². The topological polar surface area (TPSA) is 95.7 Å². The fourth-order valence-electron chi connectivity index (χ4n) is 1.74. The summed E-state index contributed by atoms with van der Waals surface area (Å²) in [6.45, 7) is 3.60.